The highest BCUT2D eigenvalue weighted by Crippen LogP contribution is 2.41. The van der Waals surface area contributed by atoms with E-state index >= 15 is 0 Å². The number of likely N-dealkylation sites (tertiary alicyclic amines) is 1. The third-order valence-electron chi connectivity index (χ3n) is 6.45. The number of rotatable bonds is 3. The van der Waals surface area contributed by atoms with Crippen LogP contribution in [0.15, 0.2) is 42.9 Å². The van der Waals surface area contributed by atoms with Gasteiger partial charge in [0.05, 0.1) is 11.9 Å². The van der Waals surface area contributed by atoms with Crippen molar-refractivity contribution < 1.29 is 4.79 Å². The van der Waals surface area contributed by atoms with Crippen LogP contribution in [0.25, 0.3) is 10.9 Å². The van der Waals surface area contributed by atoms with E-state index in [4.69, 9.17) is 0 Å². The minimum atomic E-state index is -0.0245. The molecule has 28 heavy (non-hydrogen) atoms. The Labute approximate surface area is 164 Å². The van der Waals surface area contributed by atoms with Crippen LogP contribution in [0.2, 0.25) is 0 Å². The first-order valence-corrected chi connectivity index (χ1v) is 10.0. The number of nitrogens with zero attached hydrogens (tertiary/aromatic N) is 4. The molecule has 2 aliphatic heterocycles. The van der Waals surface area contributed by atoms with Gasteiger partial charge < -0.3 is 14.8 Å². The van der Waals surface area contributed by atoms with Gasteiger partial charge in [-0.3, -0.25) is 9.78 Å². The molecule has 3 aromatic rings. The standard InChI is InChI=1S/C22H25N5O/c1-16-13-23-14-20(25-16)26-11-8-22(9-12-26)7-5-21(28)27(22)15-17-3-2-4-19-18(17)6-10-24-19/h2-4,6,10,13-14,24H,5,7-9,11-12,15H2,1H3. The summed E-state index contributed by atoms with van der Waals surface area (Å²) in [5.74, 6) is 1.24. The summed E-state index contributed by atoms with van der Waals surface area (Å²) in [5, 5.41) is 1.21. The molecule has 6 heteroatoms. The number of piperidine rings is 1. The maximum atomic E-state index is 12.8. The van der Waals surface area contributed by atoms with Crippen LogP contribution >= 0.6 is 0 Å². The molecule has 6 nitrogen and oxygen atoms in total. The number of hydrogen-bond acceptors (Lipinski definition) is 4. The van der Waals surface area contributed by atoms with Gasteiger partial charge in [0.2, 0.25) is 5.91 Å². The normalized spacial score (nSPS) is 19.1. The van der Waals surface area contributed by atoms with Gasteiger partial charge in [-0.2, -0.15) is 0 Å². The number of amides is 1. The van der Waals surface area contributed by atoms with E-state index in [0.29, 0.717) is 13.0 Å². The molecule has 0 aliphatic carbocycles. The van der Waals surface area contributed by atoms with Crippen LogP contribution < -0.4 is 4.90 Å². The number of aryl methyl sites for hydroxylation is 1. The third-order valence-corrected chi connectivity index (χ3v) is 6.45. The highest BCUT2D eigenvalue weighted by molar-refractivity contribution is 5.84. The molecule has 1 aromatic carbocycles. The van der Waals surface area contributed by atoms with E-state index < -0.39 is 0 Å². The van der Waals surface area contributed by atoms with E-state index in [1.54, 1.807) is 6.20 Å². The maximum Gasteiger partial charge on any atom is 0.223 e. The van der Waals surface area contributed by atoms with Crippen molar-refractivity contribution in [3.05, 3.63) is 54.1 Å². The molecule has 1 amide bonds. The van der Waals surface area contributed by atoms with E-state index in [1.165, 1.54) is 10.9 Å². The molecule has 1 N–H and O–H groups in total. The minimum Gasteiger partial charge on any atom is -0.361 e. The zero-order chi connectivity index (χ0) is 19.1. The number of aromatic amines is 1. The first kappa shape index (κ1) is 17.2. The molecule has 2 aromatic heterocycles. The lowest BCUT2D eigenvalue weighted by atomic mass is 9.84. The first-order chi connectivity index (χ1) is 13.6. The van der Waals surface area contributed by atoms with Crippen molar-refractivity contribution in [1.82, 2.24) is 19.9 Å². The Morgan fingerprint density at radius 1 is 1.14 bits per heavy atom. The minimum absolute atomic E-state index is 0.0245. The van der Waals surface area contributed by atoms with Crippen LogP contribution in [0.4, 0.5) is 5.82 Å². The molecular weight excluding hydrogens is 350 g/mol. The van der Waals surface area contributed by atoms with Crippen LogP contribution in [0.5, 0.6) is 0 Å². The van der Waals surface area contributed by atoms with Crippen molar-refractivity contribution in [2.45, 2.75) is 44.7 Å². The van der Waals surface area contributed by atoms with Gasteiger partial charge in [0, 0.05) is 54.9 Å². The Hall–Kier alpha value is -2.89. The van der Waals surface area contributed by atoms with E-state index in [1.807, 2.05) is 19.3 Å². The number of H-pyrrole nitrogens is 1. The number of carbonyl (C=O) groups excluding carboxylic acids is 1. The summed E-state index contributed by atoms with van der Waals surface area (Å²) in [6.07, 6.45) is 9.19. The second kappa shape index (κ2) is 6.62. The first-order valence-electron chi connectivity index (χ1n) is 10.0. The molecule has 144 valence electrons. The largest absolute Gasteiger partial charge is 0.361 e. The molecule has 0 unspecified atom stereocenters. The van der Waals surface area contributed by atoms with Crippen molar-refractivity contribution >= 4 is 22.6 Å². The summed E-state index contributed by atoms with van der Waals surface area (Å²) in [4.78, 5) is 29.4. The van der Waals surface area contributed by atoms with E-state index in [-0.39, 0.29) is 11.4 Å². The molecular formula is C22H25N5O. The SMILES string of the molecule is Cc1cncc(N2CCC3(CCC(=O)N3Cc3cccc4[nH]ccc34)CC2)n1. The van der Waals surface area contributed by atoms with Crippen molar-refractivity contribution in [3.8, 4) is 0 Å². The molecule has 1 spiro atoms. The molecule has 5 rings (SSSR count). The van der Waals surface area contributed by atoms with Gasteiger partial charge in [-0.1, -0.05) is 12.1 Å². The topological polar surface area (TPSA) is 65.1 Å². The average Bonchev–Trinajstić information content (AvgIpc) is 3.30. The van der Waals surface area contributed by atoms with Crippen LogP contribution in [-0.2, 0) is 11.3 Å². The van der Waals surface area contributed by atoms with Crippen molar-refractivity contribution in [3.63, 3.8) is 0 Å². The molecule has 2 fully saturated rings. The van der Waals surface area contributed by atoms with Crippen LogP contribution in [-0.4, -0.2) is 44.4 Å². The lowest BCUT2D eigenvalue weighted by molar-refractivity contribution is -0.132. The van der Waals surface area contributed by atoms with Crippen molar-refractivity contribution in [2.75, 3.05) is 18.0 Å². The molecule has 0 saturated carbocycles. The number of nitrogens with one attached hydrogen (secondary N) is 1. The van der Waals surface area contributed by atoms with Crippen LogP contribution in [0.1, 0.15) is 36.9 Å². The molecule has 4 heterocycles. The maximum absolute atomic E-state index is 12.8. The molecule has 0 radical (unpaired) electrons. The Bertz CT molecular complexity index is 1020. The van der Waals surface area contributed by atoms with E-state index in [2.05, 4.69) is 49.0 Å². The second-order valence-corrected chi connectivity index (χ2v) is 8.07. The number of fused-ring (bicyclic) bond motifs is 1. The Balaban J connectivity index is 1.37. The lowest BCUT2D eigenvalue weighted by Crippen LogP contribution is -2.53. The Kier molecular flexibility index (Phi) is 4.07. The number of aromatic nitrogens is 3. The number of hydrogen-bond donors (Lipinski definition) is 1. The third kappa shape index (κ3) is 2.84. The molecule has 2 aliphatic rings. The van der Waals surface area contributed by atoms with Crippen LogP contribution in [0.3, 0.4) is 0 Å². The summed E-state index contributed by atoms with van der Waals surface area (Å²) in [6, 6.07) is 8.41. The van der Waals surface area contributed by atoms with E-state index in [0.717, 1.165) is 49.4 Å². The Morgan fingerprint density at radius 2 is 2.00 bits per heavy atom. The van der Waals surface area contributed by atoms with Crippen molar-refractivity contribution in [2.24, 2.45) is 0 Å². The van der Waals surface area contributed by atoms with Gasteiger partial charge in [-0.05, 0) is 43.9 Å². The summed E-state index contributed by atoms with van der Waals surface area (Å²) in [5.41, 5.74) is 3.27. The highest BCUT2D eigenvalue weighted by atomic mass is 16.2. The second-order valence-electron chi connectivity index (χ2n) is 8.07. The fourth-order valence-electron chi connectivity index (χ4n) is 4.86. The monoisotopic (exact) mass is 375 g/mol. The van der Waals surface area contributed by atoms with Gasteiger partial charge >= 0.3 is 0 Å². The number of benzene rings is 1. The zero-order valence-electron chi connectivity index (χ0n) is 16.2. The van der Waals surface area contributed by atoms with Gasteiger partial charge in [-0.15, -0.1) is 0 Å². The van der Waals surface area contributed by atoms with Crippen LogP contribution in [0, 0.1) is 6.92 Å². The molecule has 0 bridgehead atoms. The predicted octanol–water partition coefficient (Wildman–Crippen LogP) is 3.43. The molecule has 2 saturated heterocycles. The quantitative estimate of drug-likeness (QED) is 0.762. The zero-order valence-corrected chi connectivity index (χ0v) is 16.2. The predicted molar refractivity (Wildman–Crippen MR) is 109 cm³/mol. The highest BCUT2D eigenvalue weighted by Gasteiger charge is 2.47. The lowest BCUT2D eigenvalue weighted by Gasteiger charge is -2.45. The van der Waals surface area contributed by atoms with Gasteiger partial charge in [0.15, 0.2) is 0 Å². The summed E-state index contributed by atoms with van der Waals surface area (Å²) in [6.45, 7) is 4.49. The summed E-state index contributed by atoms with van der Waals surface area (Å²) < 4.78 is 0. The fraction of sp³-hybridized carbons (Fsp3) is 0.409. The van der Waals surface area contributed by atoms with Gasteiger partial charge in [0.25, 0.3) is 0 Å². The van der Waals surface area contributed by atoms with Crippen molar-refractivity contribution in [1.29, 1.82) is 0 Å². The smallest absolute Gasteiger partial charge is 0.223 e. The Morgan fingerprint density at radius 3 is 2.82 bits per heavy atom. The summed E-state index contributed by atoms with van der Waals surface area (Å²) >= 11 is 0. The number of anilines is 1. The van der Waals surface area contributed by atoms with Gasteiger partial charge in [0.1, 0.15) is 5.82 Å². The summed E-state index contributed by atoms with van der Waals surface area (Å²) in [7, 11) is 0. The van der Waals surface area contributed by atoms with Gasteiger partial charge in [-0.25, -0.2) is 4.98 Å². The molecule has 0 atom stereocenters. The fourth-order valence-corrected chi connectivity index (χ4v) is 4.86. The van der Waals surface area contributed by atoms with E-state index in [9.17, 15) is 4.79 Å². The number of carbonyl (C=O) groups is 1. The average molecular weight is 375 g/mol.